The SMILES string of the molecule is O=[N+]([O-])/C=C/c1ccnc(Cl)c1. The number of pyridine rings is 1. The number of hydrogen-bond acceptors (Lipinski definition) is 3. The Morgan fingerprint density at radius 1 is 1.67 bits per heavy atom. The topological polar surface area (TPSA) is 56.0 Å². The lowest BCUT2D eigenvalue weighted by Gasteiger charge is -1.90. The molecule has 1 heterocycles. The number of nitrogens with zero attached hydrogens (tertiary/aromatic N) is 2. The molecule has 5 heteroatoms. The van der Waals surface area contributed by atoms with Gasteiger partial charge in [-0.3, -0.25) is 10.1 Å². The quantitative estimate of drug-likeness (QED) is 0.401. The summed E-state index contributed by atoms with van der Waals surface area (Å²) in [5.41, 5.74) is 0.659. The number of aromatic nitrogens is 1. The van der Waals surface area contributed by atoms with Crippen LogP contribution in [0.4, 0.5) is 0 Å². The number of nitro groups is 1. The van der Waals surface area contributed by atoms with Gasteiger partial charge in [-0.25, -0.2) is 4.98 Å². The summed E-state index contributed by atoms with van der Waals surface area (Å²) in [5.74, 6) is 0. The van der Waals surface area contributed by atoms with Crippen molar-refractivity contribution < 1.29 is 4.92 Å². The predicted molar refractivity (Wildman–Crippen MR) is 45.3 cm³/mol. The maximum absolute atomic E-state index is 9.93. The van der Waals surface area contributed by atoms with Gasteiger partial charge in [0.15, 0.2) is 0 Å². The average Bonchev–Trinajstić information content (AvgIpc) is 2.01. The number of halogens is 1. The van der Waals surface area contributed by atoms with Crippen molar-refractivity contribution in [2.24, 2.45) is 0 Å². The summed E-state index contributed by atoms with van der Waals surface area (Å²) < 4.78 is 0. The molecule has 1 aromatic heterocycles. The third kappa shape index (κ3) is 2.67. The molecule has 0 saturated carbocycles. The molecule has 1 aromatic rings. The molecule has 12 heavy (non-hydrogen) atoms. The maximum Gasteiger partial charge on any atom is 0.235 e. The molecular weight excluding hydrogens is 180 g/mol. The predicted octanol–water partition coefficient (Wildman–Crippen LogP) is 1.98. The summed E-state index contributed by atoms with van der Waals surface area (Å²) >= 11 is 5.55. The second-order valence-corrected chi connectivity index (χ2v) is 2.40. The van der Waals surface area contributed by atoms with Crippen LogP contribution >= 0.6 is 11.6 Å². The van der Waals surface area contributed by atoms with Crippen molar-refractivity contribution in [3.63, 3.8) is 0 Å². The van der Waals surface area contributed by atoms with E-state index in [1.807, 2.05) is 0 Å². The molecule has 0 spiro atoms. The highest BCUT2D eigenvalue weighted by atomic mass is 35.5. The Bertz CT molecular complexity index is 325. The minimum Gasteiger partial charge on any atom is -0.259 e. The summed E-state index contributed by atoms with van der Waals surface area (Å²) in [5, 5.41) is 10.2. The molecule has 0 N–H and O–H groups in total. The second kappa shape index (κ2) is 3.82. The minimum atomic E-state index is -0.533. The average molecular weight is 185 g/mol. The van der Waals surface area contributed by atoms with E-state index in [1.165, 1.54) is 12.3 Å². The zero-order valence-corrected chi connectivity index (χ0v) is 6.73. The van der Waals surface area contributed by atoms with Gasteiger partial charge in [0.25, 0.3) is 0 Å². The van der Waals surface area contributed by atoms with E-state index in [9.17, 15) is 10.1 Å². The van der Waals surface area contributed by atoms with Gasteiger partial charge in [0.1, 0.15) is 5.15 Å². The molecule has 0 fully saturated rings. The highest BCUT2D eigenvalue weighted by molar-refractivity contribution is 6.29. The highest BCUT2D eigenvalue weighted by Crippen LogP contribution is 2.08. The van der Waals surface area contributed by atoms with Crippen molar-refractivity contribution in [3.8, 4) is 0 Å². The van der Waals surface area contributed by atoms with Crippen molar-refractivity contribution in [2.75, 3.05) is 0 Å². The van der Waals surface area contributed by atoms with Crippen LogP contribution in [0.25, 0.3) is 6.08 Å². The number of hydrogen-bond donors (Lipinski definition) is 0. The molecule has 0 amide bonds. The van der Waals surface area contributed by atoms with E-state index in [-0.39, 0.29) is 0 Å². The van der Waals surface area contributed by atoms with Crippen molar-refractivity contribution in [1.29, 1.82) is 0 Å². The third-order valence-electron chi connectivity index (χ3n) is 1.14. The first-order valence-corrected chi connectivity index (χ1v) is 3.49. The molecule has 0 aromatic carbocycles. The fraction of sp³-hybridized carbons (Fsp3) is 0. The Balaban J connectivity index is 2.83. The Kier molecular flexibility index (Phi) is 2.76. The van der Waals surface area contributed by atoms with Gasteiger partial charge in [-0.2, -0.15) is 0 Å². The van der Waals surface area contributed by atoms with E-state index in [1.54, 1.807) is 12.1 Å². The largest absolute Gasteiger partial charge is 0.259 e. The van der Waals surface area contributed by atoms with E-state index >= 15 is 0 Å². The maximum atomic E-state index is 9.93. The third-order valence-corrected chi connectivity index (χ3v) is 1.35. The van der Waals surface area contributed by atoms with E-state index in [0.717, 1.165) is 6.20 Å². The molecule has 4 nitrogen and oxygen atoms in total. The van der Waals surface area contributed by atoms with Crippen LogP contribution in [-0.4, -0.2) is 9.91 Å². The first-order valence-electron chi connectivity index (χ1n) is 3.12. The smallest absolute Gasteiger partial charge is 0.235 e. The molecule has 0 unspecified atom stereocenters. The van der Waals surface area contributed by atoms with Crippen molar-refractivity contribution in [3.05, 3.63) is 45.4 Å². The first-order chi connectivity index (χ1) is 5.68. The van der Waals surface area contributed by atoms with E-state index in [4.69, 9.17) is 11.6 Å². The zero-order chi connectivity index (χ0) is 8.97. The second-order valence-electron chi connectivity index (χ2n) is 2.01. The fourth-order valence-corrected chi connectivity index (χ4v) is 0.850. The van der Waals surface area contributed by atoms with Crippen molar-refractivity contribution in [2.45, 2.75) is 0 Å². The summed E-state index contributed by atoms with van der Waals surface area (Å²) in [7, 11) is 0. The van der Waals surface area contributed by atoms with Crippen LogP contribution in [0.5, 0.6) is 0 Å². The molecule has 0 saturated heterocycles. The lowest BCUT2D eigenvalue weighted by molar-refractivity contribution is -0.400. The molecule has 0 aliphatic carbocycles. The van der Waals surface area contributed by atoms with Gasteiger partial charge in [0.05, 0.1) is 4.92 Å². The summed E-state index contributed by atoms with van der Waals surface area (Å²) in [6, 6.07) is 3.17. The van der Waals surface area contributed by atoms with Crippen LogP contribution in [-0.2, 0) is 0 Å². The Morgan fingerprint density at radius 3 is 3.00 bits per heavy atom. The van der Waals surface area contributed by atoms with Crippen LogP contribution in [0, 0.1) is 10.1 Å². The summed E-state index contributed by atoms with van der Waals surface area (Å²) in [6.07, 6.45) is 3.70. The van der Waals surface area contributed by atoms with Gasteiger partial charge in [0.2, 0.25) is 6.20 Å². The van der Waals surface area contributed by atoms with E-state index in [0.29, 0.717) is 10.7 Å². The summed E-state index contributed by atoms with van der Waals surface area (Å²) in [6.45, 7) is 0. The van der Waals surface area contributed by atoms with Gasteiger partial charge in [-0.15, -0.1) is 0 Å². The van der Waals surface area contributed by atoms with Crippen LogP contribution < -0.4 is 0 Å². The molecule has 0 bridgehead atoms. The Hall–Kier alpha value is -1.42. The van der Waals surface area contributed by atoms with Gasteiger partial charge in [-0.05, 0) is 17.7 Å². The Morgan fingerprint density at radius 2 is 2.42 bits per heavy atom. The van der Waals surface area contributed by atoms with Crippen LogP contribution in [0.2, 0.25) is 5.15 Å². The fourth-order valence-electron chi connectivity index (χ4n) is 0.668. The van der Waals surface area contributed by atoms with Crippen LogP contribution in [0.1, 0.15) is 5.56 Å². The highest BCUT2D eigenvalue weighted by Gasteiger charge is 1.91. The molecule has 0 aliphatic rings. The number of rotatable bonds is 2. The van der Waals surface area contributed by atoms with Gasteiger partial charge < -0.3 is 0 Å². The molecule has 62 valence electrons. The van der Waals surface area contributed by atoms with Crippen molar-refractivity contribution in [1.82, 2.24) is 4.98 Å². The van der Waals surface area contributed by atoms with Gasteiger partial charge in [0, 0.05) is 12.3 Å². The standard InChI is InChI=1S/C7H5ClN2O2/c8-7-5-6(1-3-9-7)2-4-10(11)12/h1-5H/b4-2+. The summed E-state index contributed by atoms with van der Waals surface area (Å²) in [4.78, 5) is 13.1. The zero-order valence-electron chi connectivity index (χ0n) is 5.98. The normalized spacial score (nSPS) is 10.4. The van der Waals surface area contributed by atoms with E-state index < -0.39 is 4.92 Å². The van der Waals surface area contributed by atoms with Crippen molar-refractivity contribution >= 4 is 17.7 Å². The lowest BCUT2D eigenvalue weighted by atomic mass is 10.3. The molecule has 0 atom stereocenters. The van der Waals surface area contributed by atoms with Crippen LogP contribution in [0.3, 0.4) is 0 Å². The molecule has 0 radical (unpaired) electrons. The minimum absolute atomic E-state index is 0.320. The monoisotopic (exact) mass is 184 g/mol. The van der Waals surface area contributed by atoms with Gasteiger partial charge >= 0.3 is 0 Å². The molecule has 0 aliphatic heterocycles. The Labute approximate surface area is 73.6 Å². The van der Waals surface area contributed by atoms with Crippen LogP contribution in [0.15, 0.2) is 24.5 Å². The molecular formula is C7H5ClN2O2. The molecule has 1 rings (SSSR count). The lowest BCUT2D eigenvalue weighted by Crippen LogP contribution is -1.82. The van der Waals surface area contributed by atoms with E-state index in [2.05, 4.69) is 4.98 Å². The first kappa shape index (κ1) is 8.67. The van der Waals surface area contributed by atoms with Gasteiger partial charge in [-0.1, -0.05) is 11.6 Å².